The average Bonchev–Trinajstić information content (AvgIpc) is 2.31. The van der Waals surface area contributed by atoms with Crippen LogP contribution in [0.4, 0.5) is 4.39 Å². The van der Waals surface area contributed by atoms with E-state index in [1.807, 2.05) is 0 Å². The van der Waals surface area contributed by atoms with Gasteiger partial charge in [0.1, 0.15) is 5.82 Å². The summed E-state index contributed by atoms with van der Waals surface area (Å²) < 4.78 is 19.4. The summed E-state index contributed by atoms with van der Waals surface area (Å²) in [5, 5.41) is 2.62. The predicted octanol–water partition coefficient (Wildman–Crippen LogP) is 2.99. The Hall–Kier alpha value is -0.940. The third kappa shape index (κ3) is 5.14. The van der Waals surface area contributed by atoms with Gasteiger partial charge in [-0.2, -0.15) is 0 Å². The Balaban J connectivity index is 2.39. The van der Waals surface area contributed by atoms with Gasteiger partial charge in [0, 0.05) is 17.6 Å². The Labute approximate surface area is 115 Å². The summed E-state index contributed by atoms with van der Waals surface area (Å²) in [6.45, 7) is 5.56. The molecule has 5 heteroatoms. The van der Waals surface area contributed by atoms with Gasteiger partial charge in [-0.15, -0.1) is 0 Å². The summed E-state index contributed by atoms with van der Waals surface area (Å²) in [7, 11) is 0. The SMILES string of the molecule is CC(C)COCCNC(=O)c1cc(Br)ccc1F. The molecule has 18 heavy (non-hydrogen) atoms. The highest BCUT2D eigenvalue weighted by Gasteiger charge is 2.11. The van der Waals surface area contributed by atoms with Crippen LogP contribution in [0.2, 0.25) is 0 Å². The number of halogens is 2. The maximum Gasteiger partial charge on any atom is 0.254 e. The molecular weight excluding hydrogens is 301 g/mol. The summed E-state index contributed by atoms with van der Waals surface area (Å²) in [4.78, 5) is 11.7. The van der Waals surface area contributed by atoms with Crippen molar-refractivity contribution in [1.29, 1.82) is 0 Å². The number of nitrogens with one attached hydrogen (secondary N) is 1. The number of rotatable bonds is 6. The van der Waals surface area contributed by atoms with E-state index in [1.165, 1.54) is 12.1 Å². The van der Waals surface area contributed by atoms with Crippen LogP contribution in [-0.2, 0) is 4.74 Å². The van der Waals surface area contributed by atoms with E-state index in [-0.39, 0.29) is 5.56 Å². The molecule has 0 spiro atoms. The van der Waals surface area contributed by atoms with Gasteiger partial charge < -0.3 is 10.1 Å². The first-order valence-electron chi connectivity index (χ1n) is 5.81. The molecule has 1 N–H and O–H groups in total. The van der Waals surface area contributed by atoms with Crippen LogP contribution < -0.4 is 5.32 Å². The molecule has 0 aliphatic heterocycles. The number of benzene rings is 1. The second-order valence-electron chi connectivity index (χ2n) is 4.35. The summed E-state index contributed by atoms with van der Waals surface area (Å²) in [6.07, 6.45) is 0. The molecule has 1 rings (SSSR count). The van der Waals surface area contributed by atoms with E-state index in [9.17, 15) is 9.18 Å². The van der Waals surface area contributed by atoms with E-state index in [1.54, 1.807) is 6.07 Å². The van der Waals surface area contributed by atoms with E-state index in [0.29, 0.717) is 30.1 Å². The first-order chi connectivity index (χ1) is 8.50. The standard InChI is InChI=1S/C13H17BrFNO2/c1-9(2)8-18-6-5-16-13(17)11-7-10(14)3-4-12(11)15/h3-4,7,9H,5-6,8H2,1-2H3,(H,16,17). The third-order valence-electron chi connectivity index (χ3n) is 2.16. The van der Waals surface area contributed by atoms with Crippen LogP contribution in [0.3, 0.4) is 0 Å². The van der Waals surface area contributed by atoms with E-state index >= 15 is 0 Å². The molecule has 0 radical (unpaired) electrons. The Bertz CT molecular complexity index is 410. The zero-order valence-corrected chi connectivity index (χ0v) is 12.1. The zero-order chi connectivity index (χ0) is 13.5. The number of carbonyl (C=O) groups is 1. The van der Waals surface area contributed by atoms with Gasteiger partial charge >= 0.3 is 0 Å². The molecule has 0 fully saturated rings. The molecule has 0 bridgehead atoms. The Morgan fingerprint density at radius 3 is 2.89 bits per heavy atom. The van der Waals surface area contributed by atoms with Crippen molar-refractivity contribution in [2.45, 2.75) is 13.8 Å². The molecule has 0 aliphatic carbocycles. The fourth-order valence-electron chi connectivity index (χ4n) is 1.32. The van der Waals surface area contributed by atoms with Crippen molar-refractivity contribution in [3.05, 3.63) is 34.1 Å². The van der Waals surface area contributed by atoms with Gasteiger partial charge in [-0.1, -0.05) is 29.8 Å². The van der Waals surface area contributed by atoms with Crippen molar-refractivity contribution in [3.63, 3.8) is 0 Å². The lowest BCUT2D eigenvalue weighted by atomic mass is 10.2. The van der Waals surface area contributed by atoms with Crippen molar-refractivity contribution in [2.24, 2.45) is 5.92 Å². The van der Waals surface area contributed by atoms with Crippen LogP contribution >= 0.6 is 15.9 Å². The minimum atomic E-state index is -0.529. The lowest BCUT2D eigenvalue weighted by Crippen LogP contribution is -2.28. The summed E-state index contributed by atoms with van der Waals surface area (Å²) in [5.74, 6) is -0.496. The highest BCUT2D eigenvalue weighted by atomic mass is 79.9. The molecule has 3 nitrogen and oxygen atoms in total. The Morgan fingerprint density at radius 1 is 1.50 bits per heavy atom. The van der Waals surface area contributed by atoms with Gasteiger partial charge in [0.05, 0.1) is 12.2 Å². The Kier molecular flexibility index (Phi) is 6.29. The number of hydrogen-bond donors (Lipinski definition) is 1. The van der Waals surface area contributed by atoms with Gasteiger partial charge in [-0.05, 0) is 24.1 Å². The first-order valence-corrected chi connectivity index (χ1v) is 6.61. The largest absolute Gasteiger partial charge is 0.379 e. The van der Waals surface area contributed by atoms with Gasteiger partial charge in [0.15, 0.2) is 0 Å². The third-order valence-corrected chi connectivity index (χ3v) is 2.65. The number of carbonyl (C=O) groups excluding carboxylic acids is 1. The van der Waals surface area contributed by atoms with E-state index in [2.05, 4.69) is 35.1 Å². The van der Waals surface area contributed by atoms with Crippen molar-refractivity contribution >= 4 is 21.8 Å². The van der Waals surface area contributed by atoms with E-state index < -0.39 is 11.7 Å². The molecule has 1 aromatic rings. The molecule has 0 atom stereocenters. The van der Waals surface area contributed by atoms with Gasteiger partial charge in [-0.25, -0.2) is 4.39 Å². The number of hydrogen-bond acceptors (Lipinski definition) is 2. The Morgan fingerprint density at radius 2 is 2.22 bits per heavy atom. The van der Waals surface area contributed by atoms with Crippen molar-refractivity contribution in [3.8, 4) is 0 Å². The number of amides is 1. The lowest BCUT2D eigenvalue weighted by molar-refractivity contribution is 0.0883. The van der Waals surface area contributed by atoms with Crippen LogP contribution in [0, 0.1) is 11.7 Å². The molecule has 0 saturated carbocycles. The smallest absolute Gasteiger partial charge is 0.254 e. The summed E-state index contributed by atoms with van der Waals surface area (Å²) >= 11 is 3.20. The fraction of sp³-hybridized carbons (Fsp3) is 0.462. The molecule has 0 saturated heterocycles. The molecule has 0 heterocycles. The van der Waals surface area contributed by atoms with Crippen molar-refractivity contribution in [2.75, 3.05) is 19.8 Å². The first kappa shape index (κ1) is 15.1. The zero-order valence-electron chi connectivity index (χ0n) is 10.5. The van der Waals surface area contributed by atoms with Crippen LogP contribution in [0.1, 0.15) is 24.2 Å². The highest BCUT2D eigenvalue weighted by molar-refractivity contribution is 9.10. The van der Waals surface area contributed by atoms with Crippen LogP contribution in [0.25, 0.3) is 0 Å². The minimum absolute atomic E-state index is 0.0354. The molecule has 0 aromatic heterocycles. The monoisotopic (exact) mass is 317 g/mol. The minimum Gasteiger partial charge on any atom is -0.379 e. The number of ether oxygens (including phenoxy) is 1. The van der Waals surface area contributed by atoms with Gasteiger partial charge in [0.2, 0.25) is 0 Å². The van der Waals surface area contributed by atoms with E-state index in [4.69, 9.17) is 4.74 Å². The summed E-state index contributed by atoms with van der Waals surface area (Å²) in [6, 6.07) is 4.27. The maximum absolute atomic E-state index is 13.4. The van der Waals surface area contributed by atoms with Gasteiger partial charge in [-0.3, -0.25) is 4.79 Å². The normalized spacial score (nSPS) is 10.7. The highest BCUT2D eigenvalue weighted by Crippen LogP contribution is 2.15. The summed E-state index contributed by atoms with van der Waals surface area (Å²) in [5.41, 5.74) is 0.0354. The average molecular weight is 318 g/mol. The molecule has 0 aliphatic rings. The second kappa shape index (κ2) is 7.48. The van der Waals surface area contributed by atoms with Crippen LogP contribution in [-0.4, -0.2) is 25.7 Å². The maximum atomic E-state index is 13.4. The van der Waals surface area contributed by atoms with Crippen molar-refractivity contribution in [1.82, 2.24) is 5.32 Å². The van der Waals surface area contributed by atoms with E-state index in [0.717, 1.165) is 0 Å². The lowest BCUT2D eigenvalue weighted by Gasteiger charge is -2.08. The molecule has 0 unspecified atom stereocenters. The van der Waals surface area contributed by atoms with Gasteiger partial charge in [0.25, 0.3) is 5.91 Å². The fourth-order valence-corrected chi connectivity index (χ4v) is 1.68. The molecule has 1 amide bonds. The van der Waals surface area contributed by atoms with Crippen LogP contribution in [0.15, 0.2) is 22.7 Å². The van der Waals surface area contributed by atoms with Crippen LogP contribution in [0.5, 0.6) is 0 Å². The second-order valence-corrected chi connectivity index (χ2v) is 5.26. The quantitative estimate of drug-likeness (QED) is 0.819. The topological polar surface area (TPSA) is 38.3 Å². The molecular formula is C13H17BrFNO2. The molecule has 1 aromatic carbocycles. The predicted molar refractivity (Wildman–Crippen MR) is 72.1 cm³/mol. The van der Waals surface area contributed by atoms with Crippen molar-refractivity contribution < 1.29 is 13.9 Å². The molecule has 100 valence electrons.